The van der Waals surface area contributed by atoms with Gasteiger partial charge in [0.05, 0.1) is 27.3 Å². The van der Waals surface area contributed by atoms with Crippen LogP contribution >= 0.6 is 23.4 Å². The number of aliphatic hydroxyl groups excluding tert-OH is 1. The molecule has 1 aromatic rings. The summed E-state index contributed by atoms with van der Waals surface area (Å²) in [7, 11) is 1.77. The topological polar surface area (TPSA) is 81.2 Å². The first kappa shape index (κ1) is 25.4. The summed E-state index contributed by atoms with van der Waals surface area (Å²) < 4.78 is -0.831. The summed E-state index contributed by atoms with van der Waals surface area (Å²) in [5, 5.41) is 9.54. The van der Waals surface area contributed by atoms with Crippen LogP contribution in [0.1, 0.15) is 24.8 Å². The molecule has 1 unspecified atom stereocenters. The van der Waals surface area contributed by atoms with Gasteiger partial charge in [-0.15, -0.1) is 11.8 Å². The zero-order valence-corrected chi connectivity index (χ0v) is 22.2. The smallest absolute Gasteiger partial charge is 0.251 e. The Morgan fingerprint density at radius 3 is 2.64 bits per heavy atom. The van der Waals surface area contributed by atoms with E-state index < -0.39 is 22.6 Å². The van der Waals surface area contributed by atoms with Crippen molar-refractivity contribution in [3.63, 3.8) is 0 Å². The van der Waals surface area contributed by atoms with Crippen molar-refractivity contribution in [2.24, 2.45) is 11.8 Å². The fourth-order valence-corrected chi connectivity index (χ4v) is 8.57. The van der Waals surface area contributed by atoms with Gasteiger partial charge in [-0.2, -0.15) is 0 Å². The highest BCUT2D eigenvalue weighted by atomic mass is 35.5. The molecule has 0 saturated carbocycles. The summed E-state index contributed by atoms with van der Waals surface area (Å²) in [4.78, 5) is 47.1. The van der Waals surface area contributed by atoms with Crippen molar-refractivity contribution in [2.45, 2.75) is 42.2 Å². The molecular formula is C27H32ClN3O4S. The second kappa shape index (κ2) is 9.88. The highest BCUT2D eigenvalue weighted by Gasteiger charge is 2.70. The van der Waals surface area contributed by atoms with Crippen LogP contribution < -0.4 is 4.90 Å². The van der Waals surface area contributed by atoms with Gasteiger partial charge in [0.2, 0.25) is 11.8 Å². The molecule has 192 valence electrons. The molecule has 1 aromatic carbocycles. The van der Waals surface area contributed by atoms with E-state index in [0.29, 0.717) is 43.2 Å². The molecule has 0 aliphatic carbocycles. The average Bonchev–Trinajstić information content (AvgIpc) is 3.17. The van der Waals surface area contributed by atoms with E-state index >= 15 is 0 Å². The molecule has 4 aliphatic heterocycles. The van der Waals surface area contributed by atoms with E-state index in [1.165, 1.54) is 0 Å². The maximum atomic E-state index is 14.4. The lowest BCUT2D eigenvalue weighted by Gasteiger charge is -2.35. The molecule has 0 radical (unpaired) electrons. The van der Waals surface area contributed by atoms with Gasteiger partial charge in [-0.1, -0.05) is 48.0 Å². The number of fused-ring (bicyclic) bond motifs is 2. The van der Waals surface area contributed by atoms with Gasteiger partial charge in [0.15, 0.2) is 0 Å². The number of benzene rings is 1. The van der Waals surface area contributed by atoms with E-state index in [-0.39, 0.29) is 29.6 Å². The number of carbonyl (C=O) groups is 3. The summed E-state index contributed by atoms with van der Waals surface area (Å²) >= 11 is 8.17. The van der Waals surface area contributed by atoms with E-state index in [4.69, 9.17) is 11.6 Å². The van der Waals surface area contributed by atoms with Gasteiger partial charge >= 0.3 is 0 Å². The number of anilines is 1. The van der Waals surface area contributed by atoms with E-state index in [2.05, 4.69) is 0 Å². The first-order valence-corrected chi connectivity index (χ1v) is 13.8. The lowest BCUT2D eigenvalue weighted by atomic mass is 9.78. The van der Waals surface area contributed by atoms with Gasteiger partial charge in [-0.3, -0.25) is 14.4 Å². The Hall–Kier alpha value is -2.29. The quantitative estimate of drug-likeness (QED) is 0.452. The molecule has 2 saturated heterocycles. The Kier molecular flexibility index (Phi) is 6.96. The standard InChI is InChI=1S/C27H32ClN3O4S/c1-17-9-6-10-18(28)22(17)30-15-8-12-27-21(20-19(36-27)11-7-13-29(2)24(20)33)25(34)31(23(27)26(30)35)14-4-3-5-16-32/h6-12,19-21,23,32H,3-5,13-16H2,1-2H3/t19-,20+,21+,23?,27+/m1/s1. The van der Waals surface area contributed by atoms with Crippen LogP contribution in [0.25, 0.3) is 0 Å². The maximum Gasteiger partial charge on any atom is 0.251 e. The largest absolute Gasteiger partial charge is 0.396 e. The number of amides is 3. The minimum absolute atomic E-state index is 0.0440. The zero-order chi connectivity index (χ0) is 25.6. The SMILES string of the molecule is Cc1cccc(Cl)c1N1CC=C[C@]23S[C@@H]4C=CCN(C)C(=O)[C@@H]4[C@H]2C(=O)N(CCCCCO)C3C1=O. The fourth-order valence-electron chi connectivity index (χ4n) is 6.24. The van der Waals surface area contributed by atoms with Crippen molar-refractivity contribution in [2.75, 3.05) is 38.2 Å². The van der Waals surface area contributed by atoms with Crippen molar-refractivity contribution in [1.29, 1.82) is 0 Å². The van der Waals surface area contributed by atoms with E-state index in [9.17, 15) is 19.5 Å². The number of aliphatic hydroxyl groups is 1. The Bertz CT molecular complexity index is 1120. The van der Waals surface area contributed by atoms with Crippen LogP contribution in [-0.4, -0.2) is 82.0 Å². The predicted molar refractivity (Wildman–Crippen MR) is 142 cm³/mol. The molecule has 0 aromatic heterocycles. The number of thioether (sulfide) groups is 1. The first-order valence-electron chi connectivity index (χ1n) is 12.6. The van der Waals surface area contributed by atoms with Crippen molar-refractivity contribution < 1.29 is 19.5 Å². The Labute approximate surface area is 221 Å². The third-order valence-corrected chi connectivity index (χ3v) is 9.92. The number of halogens is 1. The number of aryl methyl sites for hydroxylation is 1. The van der Waals surface area contributed by atoms with Gasteiger partial charge in [-0.25, -0.2) is 0 Å². The minimum atomic E-state index is -0.831. The number of para-hydroxylation sites is 1. The molecule has 4 aliphatic rings. The number of hydrogen-bond donors (Lipinski definition) is 1. The number of rotatable bonds is 6. The van der Waals surface area contributed by atoms with Gasteiger partial charge < -0.3 is 19.8 Å². The van der Waals surface area contributed by atoms with Gasteiger partial charge in [0.25, 0.3) is 5.91 Å². The molecule has 5 rings (SSSR count). The fraction of sp³-hybridized carbons (Fsp3) is 0.519. The van der Waals surface area contributed by atoms with Crippen LogP contribution in [-0.2, 0) is 14.4 Å². The van der Waals surface area contributed by atoms with Crippen LogP contribution in [0, 0.1) is 18.8 Å². The van der Waals surface area contributed by atoms with E-state index in [0.717, 1.165) is 12.0 Å². The minimum Gasteiger partial charge on any atom is -0.396 e. The second-order valence-electron chi connectivity index (χ2n) is 10.1. The number of carbonyl (C=O) groups excluding carboxylic acids is 3. The maximum absolute atomic E-state index is 14.4. The first-order chi connectivity index (χ1) is 17.3. The molecular weight excluding hydrogens is 498 g/mol. The third-order valence-electron chi connectivity index (χ3n) is 7.88. The summed E-state index contributed by atoms with van der Waals surface area (Å²) in [6.45, 7) is 3.30. The molecule has 1 N–H and O–H groups in total. The lowest BCUT2D eigenvalue weighted by Crippen LogP contribution is -2.53. The number of likely N-dealkylation sites (tertiary alicyclic amines) is 1. The highest BCUT2D eigenvalue weighted by molar-refractivity contribution is 8.02. The van der Waals surface area contributed by atoms with Crippen LogP contribution in [0.15, 0.2) is 42.5 Å². The summed E-state index contributed by atoms with van der Waals surface area (Å²) in [6.07, 6.45) is 10.1. The van der Waals surface area contributed by atoms with E-state index in [1.54, 1.807) is 39.6 Å². The molecule has 7 nitrogen and oxygen atoms in total. The van der Waals surface area contributed by atoms with Crippen LogP contribution in [0.4, 0.5) is 5.69 Å². The van der Waals surface area contributed by atoms with Crippen molar-refractivity contribution >= 4 is 46.8 Å². The second-order valence-corrected chi connectivity index (χ2v) is 12.0. The van der Waals surface area contributed by atoms with Crippen molar-refractivity contribution in [3.05, 3.63) is 53.1 Å². The van der Waals surface area contributed by atoms with Gasteiger partial charge in [0.1, 0.15) is 6.04 Å². The van der Waals surface area contributed by atoms with Gasteiger partial charge in [0, 0.05) is 38.5 Å². The molecule has 1 spiro atoms. The van der Waals surface area contributed by atoms with E-state index in [1.807, 2.05) is 43.4 Å². The number of hydrogen-bond acceptors (Lipinski definition) is 5. The zero-order valence-electron chi connectivity index (χ0n) is 20.6. The number of likely N-dealkylation sites (N-methyl/N-ethyl adjacent to an activating group) is 1. The molecule has 36 heavy (non-hydrogen) atoms. The molecule has 0 bridgehead atoms. The van der Waals surface area contributed by atoms with Gasteiger partial charge in [-0.05, 0) is 37.8 Å². The highest BCUT2D eigenvalue weighted by Crippen LogP contribution is 2.61. The number of nitrogens with zero attached hydrogens (tertiary/aromatic N) is 3. The summed E-state index contributed by atoms with van der Waals surface area (Å²) in [5.74, 6) is -1.46. The normalized spacial score (nSPS) is 31.4. The third kappa shape index (κ3) is 3.89. The molecule has 2 fully saturated rings. The Morgan fingerprint density at radius 2 is 1.89 bits per heavy atom. The molecule has 4 heterocycles. The summed E-state index contributed by atoms with van der Waals surface area (Å²) in [6, 6.07) is 4.83. The van der Waals surface area contributed by atoms with Crippen molar-refractivity contribution in [1.82, 2.24) is 9.80 Å². The Balaban J connectivity index is 1.60. The average molecular weight is 530 g/mol. The van der Waals surface area contributed by atoms with Crippen LogP contribution in [0.5, 0.6) is 0 Å². The lowest BCUT2D eigenvalue weighted by molar-refractivity contribution is -0.142. The molecule has 5 atom stereocenters. The monoisotopic (exact) mass is 529 g/mol. The molecule has 9 heteroatoms. The van der Waals surface area contributed by atoms with Crippen molar-refractivity contribution in [3.8, 4) is 0 Å². The van der Waals surface area contributed by atoms with Crippen LogP contribution in [0.3, 0.4) is 0 Å². The summed E-state index contributed by atoms with van der Waals surface area (Å²) in [5.41, 5.74) is 1.55. The Morgan fingerprint density at radius 1 is 1.08 bits per heavy atom. The molecule has 3 amide bonds. The predicted octanol–water partition coefficient (Wildman–Crippen LogP) is 3.04. The van der Waals surface area contributed by atoms with Crippen LogP contribution in [0.2, 0.25) is 5.02 Å². The number of unbranched alkanes of at least 4 members (excludes halogenated alkanes) is 2.